The standard InChI is InChI=1S/C23H19FN2O4S/c1-30-22(28)14-25-23(29)15-6-8-16(9-7-15)26-21(27)13-11-17-10-12-20(31-17)18-4-2-3-5-19(18)24/h2-13H,14H2,1H3,(H,25,29)(H,26,27)/b13-11+. The molecule has 1 heterocycles. The lowest BCUT2D eigenvalue weighted by Gasteiger charge is -2.06. The van der Waals surface area contributed by atoms with E-state index in [0.29, 0.717) is 16.8 Å². The Morgan fingerprint density at radius 2 is 1.77 bits per heavy atom. The van der Waals surface area contributed by atoms with Gasteiger partial charge in [0.2, 0.25) is 5.91 Å². The monoisotopic (exact) mass is 438 g/mol. The van der Waals surface area contributed by atoms with E-state index in [1.165, 1.54) is 42.7 Å². The summed E-state index contributed by atoms with van der Waals surface area (Å²) in [5, 5.41) is 5.13. The van der Waals surface area contributed by atoms with Crippen LogP contribution in [-0.2, 0) is 14.3 Å². The highest BCUT2D eigenvalue weighted by Crippen LogP contribution is 2.30. The van der Waals surface area contributed by atoms with Crippen LogP contribution in [0.15, 0.2) is 66.7 Å². The minimum Gasteiger partial charge on any atom is -0.468 e. The SMILES string of the molecule is COC(=O)CNC(=O)c1ccc(NC(=O)/C=C/c2ccc(-c3ccccc3F)s2)cc1. The second-order valence-electron chi connectivity index (χ2n) is 6.34. The van der Waals surface area contributed by atoms with Gasteiger partial charge in [0.05, 0.1) is 7.11 Å². The van der Waals surface area contributed by atoms with E-state index in [0.717, 1.165) is 9.75 Å². The van der Waals surface area contributed by atoms with E-state index < -0.39 is 11.9 Å². The number of amides is 2. The molecule has 2 amide bonds. The van der Waals surface area contributed by atoms with Gasteiger partial charge in [-0.2, -0.15) is 0 Å². The van der Waals surface area contributed by atoms with E-state index >= 15 is 0 Å². The molecule has 0 bridgehead atoms. The van der Waals surface area contributed by atoms with Gasteiger partial charge in [0.25, 0.3) is 5.91 Å². The molecule has 0 atom stereocenters. The molecular weight excluding hydrogens is 419 g/mol. The number of hydrogen-bond acceptors (Lipinski definition) is 5. The second kappa shape index (κ2) is 10.3. The lowest BCUT2D eigenvalue weighted by Crippen LogP contribution is -2.30. The number of nitrogens with one attached hydrogen (secondary N) is 2. The Hall–Kier alpha value is -3.78. The molecule has 158 valence electrons. The highest BCUT2D eigenvalue weighted by molar-refractivity contribution is 7.16. The first-order valence-electron chi connectivity index (χ1n) is 9.25. The highest BCUT2D eigenvalue weighted by Gasteiger charge is 2.09. The van der Waals surface area contributed by atoms with Crippen molar-refractivity contribution in [3.63, 3.8) is 0 Å². The number of esters is 1. The first-order valence-corrected chi connectivity index (χ1v) is 10.1. The summed E-state index contributed by atoms with van der Waals surface area (Å²) < 4.78 is 18.4. The van der Waals surface area contributed by atoms with Gasteiger partial charge in [-0.05, 0) is 48.5 Å². The minimum atomic E-state index is -0.546. The first-order chi connectivity index (χ1) is 15.0. The van der Waals surface area contributed by atoms with Gasteiger partial charge >= 0.3 is 5.97 Å². The molecule has 3 aromatic rings. The number of thiophene rings is 1. The van der Waals surface area contributed by atoms with Crippen LogP contribution in [0.5, 0.6) is 0 Å². The molecule has 0 fully saturated rings. The van der Waals surface area contributed by atoms with Gasteiger partial charge < -0.3 is 15.4 Å². The Morgan fingerprint density at radius 1 is 1.03 bits per heavy atom. The maximum absolute atomic E-state index is 13.9. The normalized spacial score (nSPS) is 10.6. The molecule has 2 aromatic carbocycles. The molecule has 0 aliphatic rings. The number of hydrogen-bond donors (Lipinski definition) is 2. The molecule has 0 saturated heterocycles. The van der Waals surface area contributed by atoms with Crippen molar-refractivity contribution in [1.82, 2.24) is 5.32 Å². The predicted molar refractivity (Wildman–Crippen MR) is 118 cm³/mol. The van der Waals surface area contributed by atoms with Crippen molar-refractivity contribution in [1.29, 1.82) is 0 Å². The van der Waals surface area contributed by atoms with Gasteiger partial charge in [0.15, 0.2) is 0 Å². The third kappa shape index (κ3) is 6.10. The molecular formula is C23H19FN2O4S. The van der Waals surface area contributed by atoms with Gasteiger partial charge in [-0.1, -0.05) is 18.2 Å². The minimum absolute atomic E-state index is 0.222. The predicted octanol–water partition coefficient (Wildman–Crippen LogP) is 4.11. The van der Waals surface area contributed by atoms with Gasteiger partial charge in [-0.25, -0.2) is 4.39 Å². The molecule has 6 nitrogen and oxygen atoms in total. The number of rotatable bonds is 7. The number of carbonyl (C=O) groups is 3. The topological polar surface area (TPSA) is 84.5 Å². The zero-order chi connectivity index (χ0) is 22.2. The van der Waals surface area contributed by atoms with Gasteiger partial charge in [-0.15, -0.1) is 11.3 Å². The fourth-order valence-electron chi connectivity index (χ4n) is 2.62. The second-order valence-corrected chi connectivity index (χ2v) is 7.46. The van der Waals surface area contributed by atoms with E-state index in [1.54, 1.807) is 36.4 Å². The van der Waals surface area contributed by atoms with Crippen LogP contribution in [0.2, 0.25) is 0 Å². The summed E-state index contributed by atoms with van der Waals surface area (Å²) >= 11 is 1.38. The zero-order valence-electron chi connectivity index (χ0n) is 16.6. The Morgan fingerprint density at radius 3 is 2.48 bits per heavy atom. The quantitative estimate of drug-likeness (QED) is 0.430. The number of halogens is 1. The third-order valence-corrected chi connectivity index (χ3v) is 5.28. The van der Waals surface area contributed by atoms with E-state index in [1.807, 2.05) is 12.1 Å². The maximum Gasteiger partial charge on any atom is 0.325 e. The highest BCUT2D eigenvalue weighted by atomic mass is 32.1. The van der Waals surface area contributed by atoms with Crippen molar-refractivity contribution < 1.29 is 23.5 Å². The lowest BCUT2D eigenvalue weighted by atomic mass is 10.2. The van der Waals surface area contributed by atoms with Gasteiger partial charge in [0.1, 0.15) is 12.4 Å². The lowest BCUT2D eigenvalue weighted by molar-refractivity contribution is -0.139. The Bertz CT molecular complexity index is 1120. The summed E-state index contributed by atoms with van der Waals surface area (Å²) in [6.07, 6.45) is 3.03. The van der Waals surface area contributed by atoms with Crippen LogP contribution in [0.1, 0.15) is 15.2 Å². The van der Waals surface area contributed by atoms with E-state index in [-0.39, 0.29) is 18.3 Å². The molecule has 0 spiro atoms. The smallest absolute Gasteiger partial charge is 0.325 e. The molecule has 0 radical (unpaired) electrons. The molecule has 3 rings (SSSR count). The van der Waals surface area contributed by atoms with Gasteiger partial charge in [0, 0.05) is 32.6 Å². The van der Waals surface area contributed by atoms with Crippen molar-refractivity contribution in [3.05, 3.63) is 83.0 Å². The van der Waals surface area contributed by atoms with Crippen molar-refractivity contribution in [2.45, 2.75) is 0 Å². The molecule has 0 aliphatic carbocycles. The van der Waals surface area contributed by atoms with Crippen molar-refractivity contribution in [2.75, 3.05) is 19.0 Å². The molecule has 31 heavy (non-hydrogen) atoms. The summed E-state index contributed by atoms with van der Waals surface area (Å²) in [5.74, 6) is -1.61. The van der Waals surface area contributed by atoms with Crippen molar-refractivity contribution in [3.8, 4) is 10.4 Å². The van der Waals surface area contributed by atoms with Gasteiger partial charge in [-0.3, -0.25) is 14.4 Å². The van der Waals surface area contributed by atoms with Crippen LogP contribution >= 0.6 is 11.3 Å². The van der Waals surface area contributed by atoms with Crippen LogP contribution in [0.3, 0.4) is 0 Å². The largest absolute Gasteiger partial charge is 0.468 e. The molecule has 0 unspecified atom stereocenters. The van der Waals surface area contributed by atoms with Crippen molar-refractivity contribution in [2.24, 2.45) is 0 Å². The number of anilines is 1. The summed E-state index contributed by atoms with van der Waals surface area (Å²) in [6.45, 7) is -0.222. The maximum atomic E-state index is 13.9. The third-order valence-electron chi connectivity index (χ3n) is 4.20. The van der Waals surface area contributed by atoms with E-state index in [2.05, 4.69) is 15.4 Å². The Kier molecular flexibility index (Phi) is 7.29. The van der Waals surface area contributed by atoms with E-state index in [4.69, 9.17) is 0 Å². The number of benzene rings is 2. The van der Waals surface area contributed by atoms with Crippen LogP contribution in [0.25, 0.3) is 16.5 Å². The average molecular weight is 438 g/mol. The Labute approximate surface area is 182 Å². The fraction of sp³-hybridized carbons (Fsp3) is 0.0870. The Balaban J connectivity index is 1.56. The molecule has 0 saturated carbocycles. The summed E-state index contributed by atoms with van der Waals surface area (Å²) in [5.41, 5.74) is 1.38. The molecule has 2 N–H and O–H groups in total. The van der Waals surface area contributed by atoms with Crippen molar-refractivity contribution >= 4 is 40.9 Å². The first kappa shape index (κ1) is 21.9. The fourth-order valence-corrected chi connectivity index (χ4v) is 3.56. The molecule has 8 heteroatoms. The number of methoxy groups -OCH3 is 1. The summed E-state index contributed by atoms with van der Waals surface area (Å²) in [4.78, 5) is 36.8. The van der Waals surface area contributed by atoms with Crippen LogP contribution < -0.4 is 10.6 Å². The molecule has 0 aliphatic heterocycles. The van der Waals surface area contributed by atoms with Crippen LogP contribution in [-0.4, -0.2) is 31.4 Å². The summed E-state index contributed by atoms with van der Waals surface area (Å²) in [6, 6.07) is 16.4. The molecule has 1 aromatic heterocycles. The van der Waals surface area contributed by atoms with E-state index in [9.17, 15) is 18.8 Å². The number of ether oxygens (including phenoxy) is 1. The number of carbonyl (C=O) groups excluding carboxylic acids is 3. The van der Waals surface area contributed by atoms with Crippen LogP contribution in [0.4, 0.5) is 10.1 Å². The van der Waals surface area contributed by atoms with Crippen LogP contribution in [0, 0.1) is 5.82 Å². The average Bonchev–Trinajstić information content (AvgIpc) is 3.25. The summed E-state index contributed by atoms with van der Waals surface area (Å²) in [7, 11) is 1.24. The zero-order valence-corrected chi connectivity index (χ0v) is 17.4.